The van der Waals surface area contributed by atoms with Gasteiger partial charge in [-0.05, 0) is 12.0 Å². The Bertz CT molecular complexity index is 260. The number of aromatic nitrogens is 1. The summed E-state index contributed by atoms with van der Waals surface area (Å²) in [7, 11) is 1.69. The Labute approximate surface area is 65.9 Å². The Hall–Kier alpha value is -1.18. The Morgan fingerprint density at radius 1 is 1.36 bits per heavy atom. The number of ether oxygens (including phenoxy) is 1. The first-order chi connectivity index (χ1) is 5.40. The lowest BCUT2D eigenvalue weighted by Crippen LogP contribution is -1.93. The van der Waals surface area contributed by atoms with Gasteiger partial charge in [0.1, 0.15) is 0 Å². The molecule has 0 saturated heterocycles. The van der Waals surface area contributed by atoms with Crippen molar-refractivity contribution in [2.75, 3.05) is 7.11 Å². The molecule has 0 amide bonds. The molecule has 0 bridgehead atoms. The van der Waals surface area contributed by atoms with E-state index in [1.165, 1.54) is 11.3 Å². The van der Waals surface area contributed by atoms with Crippen molar-refractivity contribution < 1.29 is 4.74 Å². The van der Waals surface area contributed by atoms with Crippen molar-refractivity contribution in [2.45, 2.75) is 12.8 Å². The summed E-state index contributed by atoms with van der Waals surface area (Å²) < 4.78 is 5.08. The standard InChI is InChI=1S/C9H11NO/c1-11-9-6-7-4-2-3-5-8(7)10-9/h2-3,6,10H,4-5H2,1H3. The fourth-order valence-corrected chi connectivity index (χ4v) is 1.40. The molecule has 0 aliphatic heterocycles. The molecule has 1 aromatic heterocycles. The van der Waals surface area contributed by atoms with Crippen molar-refractivity contribution in [3.63, 3.8) is 0 Å². The molecule has 2 rings (SSSR count). The zero-order valence-electron chi connectivity index (χ0n) is 6.55. The van der Waals surface area contributed by atoms with E-state index >= 15 is 0 Å². The minimum absolute atomic E-state index is 0.874. The molecular weight excluding hydrogens is 138 g/mol. The molecule has 1 N–H and O–H groups in total. The zero-order valence-corrected chi connectivity index (χ0v) is 6.55. The smallest absolute Gasteiger partial charge is 0.190 e. The molecule has 1 aliphatic rings. The Balaban J connectivity index is 2.36. The molecule has 1 aromatic rings. The van der Waals surface area contributed by atoms with E-state index in [2.05, 4.69) is 23.2 Å². The quantitative estimate of drug-likeness (QED) is 0.604. The lowest BCUT2D eigenvalue weighted by molar-refractivity contribution is 0.399. The van der Waals surface area contributed by atoms with Crippen LogP contribution in [0.5, 0.6) is 5.88 Å². The zero-order chi connectivity index (χ0) is 7.68. The molecule has 58 valence electrons. The summed E-state index contributed by atoms with van der Waals surface area (Å²) in [5.74, 6) is 0.874. The normalized spacial score (nSPS) is 14.6. The second-order valence-corrected chi connectivity index (χ2v) is 2.72. The first-order valence-electron chi connectivity index (χ1n) is 3.80. The van der Waals surface area contributed by atoms with E-state index in [0.717, 1.165) is 18.7 Å². The van der Waals surface area contributed by atoms with Gasteiger partial charge in [0.25, 0.3) is 0 Å². The summed E-state index contributed by atoms with van der Waals surface area (Å²) in [5, 5.41) is 0. The Morgan fingerprint density at radius 2 is 2.18 bits per heavy atom. The van der Waals surface area contributed by atoms with Crippen LogP contribution in [-0.4, -0.2) is 12.1 Å². The van der Waals surface area contributed by atoms with Gasteiger partial charge in [0.15, 0.2) is 5.88 Å². The van der Waals surface area contributed by atoms with Crippen LogP contribution in [-0.2, 0) is 12.8 Å². The van der Waals surface area contributed by atoms with E-state index in [0.29, 0.717) is 0 Å². The minimum Gasteiger partial charge on any atom is -0.482 e. The fraction of sp³-hybridized carbons (Fsp3) is 0.333. The third-order valence-corrected chi connectivity index (χ3v) is 2.01. The predicted octanol–water partition coefficient (Wildman–Crippen LogP) is 1.68. The maximum Gasteiger partial charge on any atom is 0.190 e. The summed E-state index contributed by atoms with van der Waals surface area (Å²) >= 11 is 0. The van der Waals surface area contributed by atoms with Gasteiger partial charge in [-0.1, -0.05) is 12.2 Å². The average Bonchev–Trinajstić information content (AvgIpc) is 2.46. The maximum absolute atomic E-state index is 5.08. The number of aromatic amines is 1. The van der Waals surface area contributed by atoms with Crippen LogP contribution in [0.25, 0.3) is 0 Å². The van der Waals surface area contributed by atoms with Gasteiger partial charge in [0.2, 0.25) is 0 Å². The minimum atomic E-state index is 0.874. The lowest BCUT2D eigenvalue weighted by atomic mass is 10.1. The fourth-order valence-electron chi connectivity index (χ4n) is 1.40. The van der Waals surface area contributed by atoms with Gasteiger partial charge < -0.3 is 9.72 Å². The van der Waals surface area contributed by atoms with Crippen LogP contribution >= 0.6 is 0 Å². The highest BCUT2D eigenvalue weighted by Crippen LogP contribution is 2.21. The molecule has 0 unspecified atom stereocenters. The number of hydrogen-bond donors (Lipinski definition) is 1. The van der Waals surface area contributed by atoms with E-state index in [1.807, 2.05) is 0 Å². The average molecular weight is 149 g/mol. The molecule has 1 heterocycles. The van der Waals surface area contributed by atoms with E-state index in [1.54, 1.807) is 7.11 Å². The molecule has 0 aromatic carbocycles. The van der Waals surface area contributed by atoms with Gasteiger partial charge in [-0.3, -0.25) is 0 Å². The summed E-state index contributed by atoms with van der Waals surface area (Å²) in [4.78, 5) is 3.21. The molecule has 2 nitrogen and oxygen atoms in total. The van der Waals surface area contributed by atoms with Crippen LogP contribution in [0.4, 0.5) is 0 Å². The van der Waals surface area contributed by atoms with Crippen molar-refractivity contribution in [1.29, 1.82) is 0 Å². The topological polar surface area (TPSA) is 25.0 Å². The van der Waals surface area contributed by atoms with Crippen LogP contribution in [0.1, 0.15) is 11.3 Å². The van der Waals surface area contributed by atoms with Crippen molar-refractivity contribution >= 4 is 0 Å². The van der Waals surface area contributed by atoms with E-state index in [-0.39, 0.29) is 0 Å². The second-order valence-electron chi connectivity index (χ2n) is 2.72. The molecule has 0 spiro atoms. The highest BCUT2D eigenvalue weighted by Gasteiger charge is 2.08. The highest BCUT2D eigenvalue weighted by atomic mass is 16.5. The van der Waals surface area contributed by atoms with Gasteiger partial charge >= 0.3 is 0 Å². The van der Waals surface area contributed by atoms with Gasteiger partial charge in [0, 0.05) is 18.2 Å². The van der Waals surface area contributed by atoms with Crippen LogP contribution < -0.4 is 4.74 Å². The summed E-state index contributed by atoms with van der Waals surface area (Å²) in [5.41, 5.74) is 2.66. The molecule has 1 aliphatic carbocycles. The highest BCUT2D eigenvalue weighted by molar-refractivity contribution is 5.34. The first kappa shape index (κ1) is 6.53. The van der Waals surface area contributed by atoms with Crippen molar-refractivity contribution in [1.82, 2.24) is 4.98 Å². The summed E-state index contributed by atoms with van der Waals surface area (Å²) in [6.45, 7) is 0. The molecule has 0 saturated carbocycles. The number of hydrogen-bond acceptors (Lipinski definition) is 1. The molecule has 0 radical (unpaired) electrons. The van der Waals surface area contributed by atoms with Gasteiger partial charge in [-0.25, -0.2) is 0 Å². The maximum atomic E-state index is 5.08. The molecule has 0 atom stereocenters. The van der Waals surface area contributed by atoms with Crippen molar-refractivity contribution in [3.8, 4) is 5.88 Å². The van der Waals surface area contributed by atoms with Crippen LogP contribution in [0.2, 0.25) is 0 Å². The molecule has 0 fully saturated rings. The Kier molecular flexibility index (Phi) is 1.46. The lowest BCUT2D eigenvalue weighted by Gasteiger charge is -2.01. The summed E-state index contributed by atoms with van der Waals surface area (Å²) in [6, 6.07) is 2.07. The molecule has 2 heteroatoms. The SMILES string of the molecule is COc1cc2c([nH]1)CC=CC2. The van der Waals surface area contributed by atoms with Crippen molar-refractivity contribution in [3.05, 3.63) is 29.5 Å². The number of H-pyrrole nitrogens is 1. The molecule has 11 heavy (non-hydrogen) atoms. The largest absolute Gasteiger partial charge is 0.482 e. The van der Waals surface area contributed by atoms with Crippen LogP contribution in [0.3, 0.4) is 0 Å². The van der Waals surface area contributed by atoms with E-state index in [9.17, 15) is 0 Å². The molecular formula is C9H11NO. The van der Waals surface area contributed by atoms with E-state index in [4.69, 9.17) is 4.74 Å². The number of nitrogens with one attached hydrogen (secondary N) is 1. The summed E-state index contributed by atoms with van der Waals surface area (Å²) in [6.07, 6.45) is 6.42. The number of rotatable bonds is 1. The number of fused-ring (bicyclic) bond motifs is 1. The van der Waals surface area contributed by atoms with Gasteiger partial charge in [0.05, 0.1) is 7.11 Å². The van der Waals surface area contributed by atoms with Crippen LogP contribution in [0, 0.1) is 0 Å². The third-order valence-electron chi connectivity index (χ3n) is 2.01. The van der Waals surface area contributed by atoms with E-state index < -0.39 is 0 Å². The third kappa shape index (κ3) is 1.04. The second kappa shape index (κ2) is 2.46. The van der Waals surface area contributed by atoms with Gasteiger partial charge in [-0.2, -0.15) is 0 Å². The Morgan fingerprint density at radius 3 is 2.91 bits per heavy atom. The van der Waals surface area contributed by atoms with Crippen molar-refractivity contribution in [2.24, 2.45) is 0 Å². The number of methoxy groups -OCH3 is 1. The van der Waals surface area contributed by atoms with Crippen LogP contribution in [0.15, 0.2) is 18.2 Å². The van der Waals surface area contributed by atoms with Gasteiger partial charge in [-0.15, -0.1) is 0 Å². The monoisotopic (exact) mass is 149 g/mol. The first-order valence-corrected chi connectivity index (χ1v) is 3.80. The predicted molar refractivity (Wildman–Crippen MR) is 43.9 cm³/mol. The number of allylic oxidation sites excluding steroid dienone is 2.